The number of carboxylic acids is 1. The van der Waals surface area contributed by atoms with Crippen molar-refractivity contribution in [2.75, 3.05) is 26.7 Å². The van der Waals surface area contributed by atoms with Crippen molar-refractivity contribution in [1.82, 2.24) is 10.2 Å². The van der Waals surface area contributed by atoms with Crippen LogP contribution in [0.5, 0.6) is 0 Å². The number of nitrogens with one attached hydrogen (secondary N) is 1. The maximum atomic E-state index is 11.5. The molecule has 1 amide bonds. The van der Waals surface area contributed by atoms with E-state index in [-0.39, 0.29) is 5.92 Å². The third-order valence-corrected chi connectivity index (χ3v) is 2.85. The summed E-state index contributed by atoms with van der Waals surface area (Å²) in [5.41, 5.74) is -0.539. The molecule has 0 aliphatic carbocycles. The summed E-state index contributed by atoms with van der Waals surface area (Å²) in [6, 6.07) is 0. The number of amides is 1. The Balaban J connectivity index is 2.43. The highest BCUT2D eigenvalue weighted by Gasteiger charge is 2.36. The second kappa shape index (κ2) is 5.56. The van der Waals surface area contributed by atoms with Crippen LogP contribution in [-0.4, -0.2) is 54.4 Å². The first-order valence-corrected chi connectivity index (χ1v) is 6.07. The number of aliphatic carboxylic acids is 1. The molecule has 1 rings (SSSR count). The Morgan fingerprint density at radius 2 is 2.00 bits per heavy atom. The Kier molecular flexibility index (Phi) is 4.56. The molecular weight excluding hydrogens is 236 g/mol. The number of carbonyl (C=O) groups excluding carboxylic acids is 1. The van der Waals surface area contributed by atoms with Gasteiger partial charge in [-0.2, -0.15) is 0 Å². The van der Waals surface area contributed by atoms with Crippen molar-refractivity contribution in [3.63, 3.8) is 0 Å². The van der Waals surface area contributed by atoms with Crippen LogP contribution in [0.15, 0.2) is 0 Å². The summed E-state index contributed by atoms with van der Waals surface area (Å²) < 4.78 is 5.11. The fraction of sp³-hybridized carbons (Fsp3) is 0.833. The second-order valence-corrected chi connectivity index (χ2v) is 5.81. The standard InChI is InChI=1S/C12H22N2O4/c1-12(2,3)18-11(17)13-5-8-6-14(4)7-9(8)10(15)16/h8-9H,5-7H2,1-4H3,(H,13,17)(H,15,16). The van der Waals surface area contributed by atoms with Crippen LogP contribution in [-0.2, 0) is 9.53 Å². The van der Waals surface area contributed by atoms with Crippen LogP contribution in [0.1, 0.15) is 20.8 Å². The van der Waals surface area contributed by atoms with Crippen molar-refractivity contribution in [1.29, 1.82) is 0 Å². The minimum Gasteiger partial charge on any atom is -0.481 e. The van der Waals surface area contributed by atoms with Gasteiger partial charge in [-0.05, 0) is 27.8 Å². The Bertz CT molecular complexity index is 325. The van der Waals surface area contributed by atoms with Crippen molar-refractivity contribution in [3.8, 4) is 0 Å². The van der Waals surface area contributed by atoms with Crippen LogP contribution in [0.25, 0.3) is 0 Å². The SMILES string of the molecule is CN1CC(CNC(=O)OC(C)(C)C)C(C(=O)O)C1. The number of carbonyl (C=O) groups is 2. The lowest BCUT2D eigenvalue weighted by molar-refractivity contribution is -0.142. The van der Waals surface area contributed by atoms with Crippen LogP contribution in [0.3, 0.4) is 0 Å². The topological polar surface area (TPSA) is 78.9 Å². The van der Waals surface area contributed by atoms with Crippen molar-refractivity contribution < 1.29 is 19.4 Å². The van der Waals surface area contributed by atoms with Gasteiger partial charge in [-0.25, -0.2) is 4.79 Å². The molecule has 0 bridgehead atoms. The predicted molar refractivity (Wildman–Crippen MR) is 66.3 cm³/mol. The van der Waals surface area contributed by atoms with E-state index >= 15 is 0 Å². The third kappa shape index (κ3) is 4.52. The number of hydrogen-bond donors (Lipinski definition) is 2. The Morgan fingerprint density at radius 1 is 1.39 bits per heavy atom. The lowest BCUT2D eigenvalue weighted by atomic mass is 9.96. The Hall–Kier alpha value is -1.30. The highest BCUT2D eigenvalue weighted by Crippen LogP contribution is 2.21. The van der Waals surface area contributed by atoms with Gasteiger partial charge >= 0.3 is 12.1 Å². The number of rotatable bonds is 3. The molecule has 2 atom stereocenters. The molecule has 0 saturated carbocycles. The molecular formula is C12H22N2O4. The third-order valence-electron chi connectivity index (χ3n) is 2.85. The minimum atomic E-state index is -0.810. The largest absolute Gasteiger partial charge is 0.481 e. The molecule has 6 heteroatoms. The molecule has 1 heterocycles. The van der Waals surface area contributed by atoms with Gasteiger partial charge in [0.25, 0.3) is 0 Å². The molecule has 0 spiro atoms. The van der Waals surface area contributed by atoms with E-state index in [0.29, 0.717) is 19.6 Å². The number of carboxylic acid groups (broad SMARTS) is 1. The first kappa shape index (κ1) is 14.8. The van der Waals surface area contributed by atoms with E-state index < -0.39 is 23.6 Å². The fourth-order valence-electron chi connectivity index (χ4n) is 2.10. The smallest absolute Gasteiger partial charge is 0.407 e. The van der Waals surface area contributed by atoms with Crippen molar-refractivity contribution in [2.24, 2.45) is 11.8 Å². The zero-order valence-electron chi connectivity index (χ0n) is 11.4. The van der Waals surface area contributed by atoms with E-state index in [1.165, 1.54) is 0 Å². The van der Waals surface area contributed by atoms with Gasteiger partial charge in [-0.1, -0.05) is 0 Å². The number of nitrogens with zero attached hydrogens (tertiary/aromatic N) is 1. The maximum absolute atomic E-state index is 11.5. The molecule has 104 valence electrons. The van der Waals surface area contributed by atoms with Gasteiger partial charge in [-0.15, -0.1) is 0 Å². The highest BCUT2D eigenvalue weighted by molar-refractivity contribution is 5.71. The van der Waals surface area contributed by atoms with Crippen LogP contribution in [0.4, 0.5) is 4.79 Å². The van der Waals surface area contributed by atoms with Crippen molar-refractivity contribution in [3.05, 3.63) is 0 Å². The van der Waals surface area contributed by atoms with Gasteiger partial charge in [0.1, 0.15) is 5.60 Å². The van der Waals surface area contributed by atoms with E-state index in [1.54, 1.807) is 20.8 Å². The van der Waals surface area contributed by atoms with Crippen LogP contribution >= 0.6 is 0 Å². The number of ether oxygens (including phenoxy) is 1. The zero-order chi connectivity index (χ0) is 13.9. The average molecular weight is 258 g/mol. The summed E-state index contributed by atoms with van der Waals surface area (Å²) >= 11 is 0. The molecule has 1 aliphatic rings. The van der Waals surface area contributed by atoms with Crippen LogP contribution in [0.2, 0.25) is 0 Å². The molecule has 1 saturated heterocycles. The molecule has 18 heavy (non-hydrogen) atoms. The highest BCUT2D eigenvalue weighted by atomic mass is 16.6. The number of alkyl carbamates (subject to hydrolysis) is 1. The molecule has 0 radical (unpaired) electrons. The first-order valence-electron chi connectivity index (χ1n) is 6.07. The summed E-state index contributed by atoms with van der Waals surface area (Å²) in [6.45, 7) is 6.89. The van der Waals surface area contributed by atoms with E-state index in [4.69, 9.17) is 9.84 Å². The molecule has 2 N–H and O–H groups in total. The van der Waals surface area contributed by atoms with Gasteiger partial charge in [0, 0.05) is 25.6 Å². The quantitative estimate of drug-likeness (QED) is 0.782. The average Bonchev–Trinajstić information content (AvgIpc) is 2.54. The molecule has 0 aromatic carbocycles. The van der Waals surface area contributed by atoms with Crippen LogP contribution < -0.4 is 5.32 Å². The van der Waals surface area contributed by atoms with Gasteiger partial charge in [0.05, 0.1) is 5.92 Å². The van der Waals surface area contributed by atoms with Gasteiger partial charge in [0.15, 0.2) is 0 Å². The second-order valence-electron chi connectivity index (χ2n) is 5.81. The molecule has 1 fully saturated rings. The minimum absolute atomic E-state index is 0.0694. The first-order chi connectivity index (χ1) is 8.19. The number of hydrogen-bond acceptors (Lipinski definition) is 4. The van der Waals surface area contributed by atoms with Crippen molar-refractivity contribution >= 4 is 12.1 Å². The van der Waals surface area contributed by atoms with E-state index in [1.807, 2.05) is 11.9 Å². The molecule has 0 aromatic rings. The molecule has 1 aliphatic heterocycles. The normalized spacial score (nSPS) is 24.9. The monoisotopic (exact) mass is 258 g/mol. The van der Waals surface area contributed by atoms with Gasteiger partial charge in [-0.3, -0.25) is 4.79 Å². The molecule has 0 aromatic heterocycles. The summed E-state index contributed by atoms with van der Waals surface area (Å²) in [5, 5.41) is 11.7. The Morgan fingerprint density at radius 3 is 2.50 bits per heavy atom. The lowest BCUT2D eigenvalue weighted by Gasteiger charge is -2.21. The van der Waals surface area contributed by atoms with Crippen LogP contribution in [0, 0.1) is 11.8 Å². The summed E-state index contributed by atoms with van der Waals surface area (Å²) in [7, 11) is 1.88. The predicted octanol–water partition coefficient (Wildman–Crippen LogP) is 0.773. The van der Waals surface area contributed by atoms with Gasteiger partial charge < -0.3 is 20.1 Å². The lowest BCUT2D eigenvalue weighted by Crippen LogP contribution is -2.38. The maximum Gasteiger partial charge on any atom is 0.407 e. The summed E-state index contributed by atoms with van der Waals surface area (Å²) in [4.78, 5) is 24.5. The van der Waals surface area contributed by atoms with Crippen molar-refractivity contribution in [2.45, 2.75) is 26.4 Å². The van der Waals surface area contributed by atoms with E-state index in [2.05, 4.69) is 5.32 Å². The molecule has 6 nitrogen and oxygen atoms in total. The van der Waals surface area contributed by atoms with Gasteiger partial charge in [0.2, 0.25) is 0 Å². The zero-order valence-corrected chi connectivity index (χ0v) is 11.4. The molecule has 2 unspecified atom stereocenters. The van der Waals surface area contributed by atoms with E-state index in [0.717, 1.165) is 0 Å². The Labute approximate surface area is 107 Å². The summed E-state index contributed by atoms with van der Waals surface area (Å²) in [6.07, 6.45) is -0.499. The summed E-state index contributed by atoms with van der Waals surface area (Å²) in [5.74, 6) is -1.31. The number of likely N-dealkylation sites (tertiary alicyclic amines) is 1. The van der Waals surface area contributed by atoms with E-state index in [9.17, 15) is 9.59 Å². The fourth-order valence-corrected chi connectivity index (χ4v) is 2.10.